The Morgan fingerprint density at radius 3 is 2.39 bits per heavy atom. The molecule has 3 aliphatic heterocycles. The highest BCUT2D eigenvalue weighted by Gasteiger charge is 2.36. The molecule has 2 aromatic rings. The average Bonchev–Trinajstić information content (AvgIpc) is 3.00. The second-order valence-corrected chi connectivity index (χ2v) is 15.1. The number of piperazine rings is 1. The molecule has 0 spiro atoms. The van der Waals surface area contributed by atoms with Crippen molar-refractivity contribution in [3.05, 3.63) is 71.6 Å². The number of nitrogens with zero attached hydrogens (tertiary/aromatic N) is 5. The predicted molar refractivity (Wildman–Crippen MR) is 138 cm³/mol. The van der Waals surface area contributed by atoms with Crippen LogP contribution in [0.25, 0.3) is 0 Å². The number of anilines is 1. The second kappa shape index (κ2) is 8.39. The Kier molecular flexibility index (Phi) is 5.54. The molecular formula is C26H31N5OSi. The highest BCUT2D eigenvalue weighted by Crippen LogP contribution is 2.32. The van der Waals surface area contributed by atoms with E-state index < -0.39 is 8.07 Å². The van der Waals surface area contributed by atoms with Crippen LogP contribution in [0, 0.1) is 0 Å². The number of benzene rings is 2. The van der Waals surface area contributed by atoms with Gasteiger partial charge in [0.2, 0.25) is 0 Å². The van der Waals surface area contributed by atoms with Crippen molar-refractivity contribution in [2.45, 2.75) is 19.6 Å². The number of hydrogen-bond donors (Lipinski definition) is 0. The van der Waals surface area contributed by atoms with Crippen LogP contribution in [-0.4, -0.2) is 75.1 Å². The smallest absolute Gasteiger partial charge is 0.284 e. The van der Waals surface area contributed by atoms with Crippen LogP contribution in [-0.2, 0) is 4.79 Å². The fourth-order valence-corrected chi connectivity index (χ4v) is 5.66. The summed E-state index contributed by atoms with van der Waals surface area (Å²) in [6.07, 6.45) is 1.94. The molecule has 0 bridgehead atoms. The number of aliphatic imine (C=N–C) groups is 2. The highest BCUT2D eigenvalue weighted by molar-refractivity contribution is 6.88. The molecule has 1 saturated heterocycles. The molecule has 1 fully saturated rings. The first-order valence-corrected chi connectivity index (χ1v) is 15.1. The van der Waals surface area contributed by atoms with Crippen molar-refractivity contribution in [3.63, 3.8) is 0 Å². The summed E-state index contributed by atoms with van der Waals surface area (Å²) in [5, 5.41) is 1.35. The zero-order valence-corrected chi connectivity index (χ0v) is 20.9. The fraction of sp³-hybridized carbons (Fsp3) is 0.346. The Balaban J connectivity index is 1.59. The van der Waals surface area contributed by atoms with Gasteiger partial charge in [-0.3, -0.25) is 14.7 Å². The molecular weight excluding hydrogens is 426 g/mol. The quantitative estimate of drug-likeness (QED) is 0.526. The van der Waals surface area contributed by atoms with Gasteiger partial charge in [-0.2, -0.15) is 0 Å². The molecule has 1 amide bonds. The van der Waals surface area contributed by atoms with E-state index in [1.165, 1.54) is 5.19 Å². The van der Waals surface area contributed by atoms with Gasteiger partial charge in [0.25, 0.3) is 5.91 Å². The van der Waals surface area contributed by atoms with Crippen molar-refractivity contribution >= 4 is 36.4 Å². The minimum absolute atomic E-state index is 0.0598. The van der Waals surface area contributed by atoms with Crippen LogP contribution in [0.2, 0.25) is 19.6 Å². The molecule has 0 unspecified atom stereocenters. The molecule has 3 aliphatic rings. The Bertz CT molecular complexity index is 1170. The summed E-state index contributed by atoms with van der Waals surface area (Å²) in [5.41, 5.74) is 4.39. The van der Waals surface area contributed by atoms with Crippen LogP contribution in [0.4, 0.5) is 5.69 Å². The number of amidine groups is 1. The first-order chi connectivity index (χ1) is 15.8. The molecule has 0 atom stereocenters. The summed E-state index contributed by atoms with van der Waals surface area (Å²) in [4.78, 5) is 29.6. The Morgan fingerprint density at radius 2 is 1.70 bits per heavy atom. The Morgan fingerprint density at radius 1 is 0.970 bits per heavy atom. The van der Waals surface area contributed by atoms with Crippen molar-refractivity contribution < 1.29 is 4.79 Å². The van der Waals surface area contributed by atoms with E-state index in [1.807, 2.05) is 24.4 Å². The maximum atomic E-state index is 13.6. The van der Waals surface area contributed by atoms with Crippen molar-refractivity contribution in [2.75, 3.05) is 44.7 Å². The van der Waals surface area contributed by atoms with Gasteiger partial charge in [0.1, 0.15) is 11.5 Å². The topological polar surface area (TPSA) is 51.5 Å². The van der Waals surface area contributed by atoms with Crippen LogP contribution in [0.15, 0.2) is 70.4 Å². The number of fused-ring (bicyclic) bond motifs is 3. The van der Waals surface area contributed by atoms with Gasteiger partial charge < -0.3 is 9.80 Å². The SMILES string of the molecule is CN1CCN(/C=C2\N=C3CN=C(c4ccccc4)c4cc([Si](C)(C)C)ccc4N3C2=O)CC1. The van der Waals surface area contributed by atoms with E-state index in [2.05, 4.69) is 66.8 Å². The number of hydrogen-bond acceptors (Lipinski definition) is 5. The van der Waals surface area contributed by atoms with E-state index in [-0.39, 0.29) is 5.91 Å². The summed E-state index contributed by atoms with van der Waals surface area (Å²) in [7, 11) is 0.579. The number of carbonyl (C=O) groups is 1. The molecule has 0 N–H and O–H groups in total. The minimum Gasteiger partial charge on any atom is -0.373 e. The number of amides is 1. The number of rotatable bonds is 3. The molecule has 6 nitrogen and oxygen atoms in total. The van der Waals surface area contributed by atoms with Crippen LogP contribution in [0.1, 0.15) is 11.1 Å². The molecule has 7 heteroatoms. The van der Waals surface area contributed by atoms with Crippen molar-refractivity contribution in [1.82, 2.24) is 9.80 Å². The van der Waals surface area contributed by atoms with Gasteiger partial charge in [-0.05, 0) is 13.1 Å². The monoisotopic (exact) mass is 457 g/mol. The largest absolute Gasteiger partial charge is 0.373 e. The Hall–Kier alpha value is -3.03. The van der Waals surface area contributed by atoms with Gasteiger partial charge in [0.15, 0.2) is 0 Å². The lowest BCUT2D eigenvalue weighted by molar-refractivity contribution is -0.114. The third-order valence-electron chi connectivity index (χ3n) is 6.56. The predicted octanol–water partition coefficient (Wildman–Crippen LogP) is 2.92. The van der Waals surface area contributed by atoms with Crippen molar-refractivity contribution in [3.8, 4) is 0 Å². The minimum atomic E-state index is -1.55. The first kappa shape index (κ1) is 21.8. The van der Waals surface area contributed by atoms with Crippen LogP contribution in [0.5, 0.6) is 0 Å². The number of likely N-dealkylation sites (N-methyl/N-ethyl adjacent to an activating group) is 1. The molecule has 0 radical (unpaired) electrons. The van der Waals surface area contributed by atoms with Crippen LogP contribution >= 0.6 is 0 Å². The molecule has 0 aliphatic carbocycles. The summed E-state index contributed by atoms with van der Waals surface area (Å²) < 4.78 is 0. The average molecular weight is 458 g/mol. The maximum absolute atomic E-state index is 13.6. The molecule has 0 saturated carbocycles. The number of carbonyl (C=O) groups excluding carboxylic acids is 1. The van der Waals surface area contributed by atoms with Gasteiger partial charge in [0.05, 0.1) is 26.0 Å². The lowest BCUT2D eigenvalue weighted by Crippen LogP contribution is -2.42. The van der Waals surface area contributed by atoms with Gasteiger partial charge in [-0.15, -0.1) is 0 Å². The van der Waals surface area contributed by atoms with Gasteiger partial charge >= 0.3 is 0 Å². The third-order valence-corrected chi connectivity index (χ3v) is 8.60. The standard InChI is InChI=1S/C26H31N5OSi/c1-29-12-14-30(15-13-29)18-22-26(32)31-23-11-10-20(33(2,3)4)16-21(23)25(27-17-24(31)28-22)19-8-6-5-7-9-19/h5-11,16,18H,12-15,17H2,1-4H3/b22-18-. The zero-order valence-electron chi connectivity index (χ0n) is 19.9. The van der Waals surface area contributed by atoms with E-state index in [0.717, 1.165) is 48.7 Å². The second-order valence-electron chi connectivity index (χ2n) is 10.0. The zero-order chi connectivity index (χ0) is 23.2. The lowest BCUT2D eigenvalue weighted by Gasteiger charge is -2.31. The van der Waals surface area contributed by atoms with Crippen LogP contribution < -0.4 is 10.1 Å². The highest BCUT2D eigenvalue weighted by atomic mass is 28.3. The summed E-state index contributed by atoms with van der Waals surface area (Å²) >= 11 is 0. The normalized spacial score (nSPS) is 20.4. The summed E-state index contributed by atoms with van der Waals surface area (Å²) in [5.74, 6) is 0.642. The Labute approximate surface area is 197 Å². The van der Waals surface area contributed by atoms with E-state index in [4.69, 9.17) is 9.98 Å². The summed E-state index contributed by atoms with van der Waals surface area (Å²) in [6, 6.07) is 16.8. The molecule has 0 aromatic heterocycles. The van der Waals surface area contributed by atoms with E-state index >= 15 is 0 Å². The molecule has 33 heavy (non-hydrogen) atoms. The molecule has 170 valence electrons. The summed E-state index contributed by atoms with van der Waals surface area (Å²) in [6.45, 7) is 11.2. The maximum Gasteiger partial charge on any atom is 0.284 e. The molecule has 5 rings (SSSR count). The van der Waals surface area contributed by atoms with Crippen LogP contribution in [0.3, 0.4) is 0 Å². The van der Waals surface area contributed by atoms with Crippen molar-refractivity contribution in [2.24, 2.45) is 9.98 Å². The van der Waals surface area contributed by atoms with E-state index in [9.17, 15) is 4.79 Å². The first-order valence-electron chi connectivity index (χ1n) is 11.6. The lowest BCUT2D eigenvalue weighted by atomic mass is 10.00. The van der Waals surface area contributed by atoms with Gasteiger partial charge in [0, 0.05) is 43.5 Å². The van der Waals surface area contributed by atoms with E-state index in [0.29, 0.717) is 18.1 Å². The molecule has 2 aromatic carbocycles. The van der Waals surface area contributed by atoms with Gasteiger partial charge in [-0.25, -0.2) is 4.99 Å². The van der Waals surface area contributed by atoms with Gasteiger partial charge in [-0.1, -0.05) is 67.3 Å². The fourth-order valence-electron chi connectivity index (χ4n) is 4.50. The third kappa shape index (κ3) is 4.18. The van der Waals surface area contributed by atoms with Crippen molar-refractivity contribution in [1.29, 1.82) is 0 Å². The van der Waals surface area contributed by atoms with E-state index in [1.54, 1.807) is 4.90 Å². The molecule has 3 heterocycles.